The monoisotopic (exact) mass is 552 g/mol. The van der Waals surface area contributed by atoms with Crippen LogP contribution in [0.15, 0.2) is 48.6 Å². The molecule has 0 saturated heterocycles. The molecule has 2 N–H and O–H groups in total. The molecule has 0 heterocycles. The number of rotatable bonds is 16. The SMILES string of the molecule is COc1cc(C=CC(O)C(C)(C)C(O)C=Cc2ccc(OCCCCl)c(OC)c2)ccc1OCCCCl. The molecule has 0 radical (unpaired) electrons. The minimum absolute atomic E-state index is 0.507. The van der Waals surface area contributed by atoms with E-state index in [0.29, 0.717) is 48.0 Å². The molecule has 2 unspecified atom stereocenters. The van der Waals surface area contributed by atoms with E-state index in [2.05, 4.69) is 0 Å². The van der Waals surface area contributed by atoms with E-state index in [9.17, 15) is 10.2 Å². The number of aliphatic hydroxyl groups excluding tert-OH is 2. The van der Waals surface area contributed by atoms with Crippen LogP contribution in [0.1, 0.15) is 37.8 Å². The van der Waals surface area contributed by atoms with Gasteiger partial charge >= 0.3 is 0 Å². The van der Waals surface area contributed by atoms with Crippen molar-refractivity contribution in [3.8, 4) is 23.0 Å². The van der Waals surface area contributed by atoms with Gasteiger partial charge in [-0.3, -0.25) is 0 Å². The first kappa shape index (κ1) is 30.8. The van der Waals surface area contributed by atoms with E-state index in [1.165, 1.54) is 0 Å². The first-order chi connectivity index (χ1) is 17.8. The summed E-state index contributed by atoms with van der Waals surface area (Å²) in [7, 11) is 3.16. The van der Waals surface area contributed by atoms with Crippen LogP contribution in [0.2, 0.25) is 0 Å². The molecule has 0 aliphatic heterocycles. The predicted octanol–water partition coefficient (Wildman–Crippen LogP) is 6.19. The van der Waals surface area contributed by atoms with E-state index >= 15 is 0 Å². The summed E-state index contributed by atoms with van der Waals surface area (Å²) in [6, 6.07) is 11.1. The summed E-state index contributed by atoms with van der Waals surface area (Å²) in [6.07, 6.45) is 6.57. The highest BCUT2D eigenvalue weighted by atomic mass is 35.5. The van der Waals surface area contributed by atoms with Crippen molar-refractivity contribution in [2.75, 3.05) is 39.2 Å². The van der Waals surface area contributed by atoms with Gasteiger partial charge in [-0.1, -0.05) is 50.3 Å². The second-order valence-electron chi connectivity index (χ2n) is 9.03. The summed E-state index contributed by atoms with van der Waals surface area (Å²) in [5, 5.41) is 21.7. The zero-order chi connectivity index (χ0) is 27.3. The van der Waals surface area contributed by atoms with Gasteiger partial charge in [0, 0.05) is 17.2 Å². The Morgan fingerprint density at radius 2 is 1.14 bits per heavy atom. The minimum atomic E-state index is -0.912. The molecule has 0 spiro atoms. The lowest BCUT2D eigenvalue weighted by Gasteiger charge is -2.32. The molecular formula is C29H38Cl2O6. The second-order valence-corrected chi connectivity index (χ2v) is 9.79. The van der Waals surface area contributed by atoms with Crippen LogP contribution in [0.3, 0.4) is 0 Å². The molecule has 2 aromatic carbocycles. The number of hydrogen-bond donors (Lipinski definition) is 2. The van der Waals surface area contributed by atoms with Gasteiger partial charge in [-0.15, -0.1) is 23.2 Å². The van der Waals surface area contributed by atoms with Gasteiger partial charge in [0.2, 0.25) is 0 Å². The summed E-state index contributed by atoms with van der Waals surface area (Å²) in [5.41, 5.74) is 0.819. The summed E-state index contributed by atoms with van der Waals surface area (Å²) in [5.74, 6) is 3.53. The highest BCUT2D eigenvalue weighted by Crippen LogP contribution is 2.32. The van der Waals surface area contributed by atoms with Crippen molar-refractivity contribution in [2.24, 2.45) is 5.41 Å². The van der Waals surface area contributed by atoms with E-state index < -0.39 is 17.6 Å². The van der Waals surface area contributed by atoms with E-state index in [4.69, 9.17) is 42.1 Å². The Kier molecular flexibility index (Phi) is 13.1. The molecular weight excluding hydrogens is 515 g/mol. The molecule has 0 fully saturated rings. The molecule has 37 heavy (non-hydrogen) atoms. The third kappa shape index (κ3) is 9.46. The van der Waals surface area contributed by atoms with Crippen molar-refractivity contribution in [3.05, 3.63) is 59.7 Å². The topological polar surface area (TPSA) is 77.4 Å². The number of alkyl halides is 2. The lowest BCUT2D eigenvalue weighted by Crippen LogP contribution is -2.38. The van der Waals surface area contributed by atoms with Crippen LogP contribution in [0, 0.1) is 5.41 Å². The number of ether oxygens (including phenoxy) is 4. The average molecular weight is 554 g/mol. The molecule has 8 heteroatoms. The third-order valence-electron chi connectivity index (χ3n) is 5.91. The van der Waals surface area contributed by atoms with Crippen LogP contribution < -0.4 is 18.9 Å². The Bertz CT molecular complexity index is 942. The van der Waals surface area contributed by atoms with Gasteiger partial charge in [0.1, 0.15) is 0 Å². The summed E-state index contributed by atoms with van der Waals surface area (Å²) < 4.78 is 22.2. The van der Waals surface area contributed by atoms with Crippen molar-refractivity contribution >= 4 is 35.4 Å². The molecule has 0 aromatic heterocycles. The van der Waals surface area contributed by atoms with Gasteiger partial charge < -0.3 is 29.2 Å². The van der Waals surface area contributed by atoms with Crippen LogP contribution in [0.4, 0.5) is 0 Å². The van der Waals surface area contributed by atoms with Crippen LogP contribution in [-0.4, -0.2) is 61.6 Å². The number of halogens is 2. The highest BCUT2D eigenvalue weighted by Gasteiger charge is 2.32. The Morgan fingerprint density at radius 3 is 1.49 bits per heavy atom. The minimum Gasteiger partial charge on any atom is -0.493 e. The Balaban J connectivity index is 2.06. The number of methoxy groups -OCH3 is 2. The lowest BCUT2D eigenvalue weighted by atomic mass is 9.80. The van der Waals surface area contributed by atoms with E-state index in [-0.39, 0.29) is 0 Å². The van der Waals surface area contributed by atoms with Gasteiger partial charge in [0.05, 0.1) is 39.6 Å². The summed E-state index contributed by atoms with van der Waals surface area (Å²) >= 11 is 11.4. The Labute approximate surface area is 230 Å². The fourth-order valence-electron chi connectivity index (χ4n) is 3.36. The second kappa shape index (κ2) is 15.8. The van der Waals surface area contributed by atoms with Gasteiger partial charge in [0.25, 0.3) is 0 Å². The Morgan fingerprint density at radius 1 is 0.730 bits per heavy atom. The van der Waals surface area contributed by atoms with Crippen LogP contribution in [0.5, 0.6) is 23.0 Å². The number of hydrogen-bond acceptors (Lipinski definition) is 6. The van der Waals surface area contributed by atoms with Crippen molar-refractivity contribution in [1.29, 1.82) is 0 Å². The van der Waals surface area contributed by atoms with E-state index in [1.54, 1.807) is 52.4 Å². The molecule has 2 atom stereocenters. The zero-order valence-corrected chi connectivity index (χ0v) is 23.5. The Hall–Kier alpha value is -2.38. The van der Waals surface area contributed by atoms with Gasteiger partial charge in [-0.25, -0.2) is 0 Å². The highest BCUT2D eigenvalue weighted by molar-refractivity contribution is 6.18. The first-order valence-corrected chi connectivity index (χ1v) is 13.3. The summed E-state index contributed by atoms with van der Waals surface area (Å²) in [6.45, 7) is 4.62. The van der Waals surface area contributed by atoms with Crippen LogP contribution in [-0.2, 0) is 0 Å². The van der Waals surface area contributed by atoms with Gasteiger partial charge in [-0.05, 0) is 48.2 Å². The van der Waals surface area contributed by atoms with Crippen molar-refractivity contribution in [3.63, 3.8) is 0 Å². The molecule has 204 valence electrons. The molecule has 0 aliphatic carbocycles. The smallest absolute Gasteiger partial charge is 0.161 e. The maximum Gasteiger partial charge on any atom is 0.161 e. The normalized spacial score (nSPS) is 13.6. The predicted molar refractivity (Wildman–Crippen MR) is 152 cm³/mol. The number of aliphatic hydroxyl groups is 2. The quantitative estimate of drug-likeness (QED) is 0.191. The molecule has 0 saturated carbocycles. The molecule has 2 aromatic rings. The maximum absolute atomic E-state index is 10.9. The van der Waals surface area contributed by atoms with Crippen LogP contribution in [0.25, 0.3) is 12.2 Å². The maximum atomic E-state index is 10.9. The average Bonchev–Trinajstić information content (AvgIpc) is 2.91. The number of benzene rings is 2. The molecule has 6 nitrogen and oxygen atoms in total. The van der Waals surface area contributed by atoms with Gasteiger partial charge in [-0.2, -0.15) is 0 Å². The lowest BCUT2D eigenvalue weighted by molar-refractivity contribution is 0.000481. The fraction of sp³-hybridized carbons (Fsp3) is 0.448. The molecule has 0 amide bonds. The fourth-order valence-corrected chi connectivity index (χ4v) is 3.58. The van der Waals surface area contributed by atoms with Crippen LogP contribution >= 0.6 is 23.2 Å². The first-order valence-electron chi connectivity index (χ1n) is 12.2. The largest absolute Gasteiger partial charge is 0.493 e. The third-order valence-corrected chi connectivity index (χ3v) is 6.45. The zero-order valence-electron chi connectivity index (χ0n) is 22.0. The van der Waals surface area contributed by atoms with Crippen molar-refractivity contribution in [2.45, 2.75) is 38.9 Å². The van der Waals surface area contributed by atoms with Crippen molar-refractivity contribution in [1.82, 2.24) is 0 Å². The molecule has 2 rings (SSSR count). The van der Waals surface area contributed by atoms with Crippen molar-refractivity contribution < 1.29 is 29.2 Å². The van der Waals surface area contributed by atoms with E-state index in [1.807, 2.05) is 36.4 Å². The molecule has 0 aliphatic rings. The standard InChI is InChI=1S/C29H38Cl2O6/c1-29(2,27(32)13-9-21-7-11-23(25(19-21)34-3)36-17-5-15-30)28(33)14-10-22-8-12-24(26(20-22)35-4)37-18-6-16-31/h7-14,19-20,27-28,32-33H,5-6,15-18H2,1-4H3. The van der Waals surface area contributed by atoms with Gasteiger partial charge in [0.15, 0.2) is 23.0 Å². The van der Waals surface area contributed by atoms with E-state index in [0.717, 1.165) is 24.0 Å². The molecule has 0 bridgehead atoms. The summed E-state index contributed by atoms with van der Waals surface area (Å²) in [4.78, 5) is 0.